The van der Waals surface area contributed by atoms with Gasteiger partial charge in [-0.15, -0.1) is 0 Å². The lowest BCUT2D eigenvalue weighted by Crippen LogP contribution is -1.98. The molecule has 0 saturated carbocycles. The predicted molar refractivity (Wildman–Crippen MR) is 82.8 cm³/mol. The zero-order chi connectivity index (χ0) is 13.2. The average molecular weight is 290 g/mol. The summed E-state index contributed by atoms with van der Waals surface area (Å²) in [4.78, 5) is 4.51. The number of hydrogen-bond acceptors (Lipinski definition) is 4. The lowest BCUT2D eigenvalue weighted by Gasteiger charge is -2.02. The van der Waals surface area contributed by atoms with Crippen LogP contribution in [0.2, 0.25) is 5.02 Å². The fraction of sp³-hybridized carbons (Fsp3) is 0.0714. The van der Waals surface area contributed by atoms with Crippen LogP contribution in [-0.4, -0.2) is 4.98 Å². The van der Waals surface area contributed by atoms with Crippen molar-refractivity contribution in [1.82, 2.24) is 4.98 Å². The first-order chi connectivity index (χ1) is 9.20. The molecule has 3 nitrogen and oxygen atoms in total. The maximum Gasteiger partial charge on any atom is 0.184 e. The van der Waals surface area contributed by atoms with Crippen molar-refractivity contribution in [1.29, 1.82) is 0 Å². The first kappa shape index (κ1) is 12.3. The minimum Gasteiger partial charge on any atom is -0.399 e. The molecule has 0 aliphatic rings. The third-order valence-electron chi connectivity index (χ3n) is 2.77. The molecule has 1 heterocycles. The van der Waals surface area contributed by atoms with E-state index < -0.39 is 0 Å². The molecule has 0 amide bonds. The van der Waals surface area contributed by atoms with Gasteiger partial charge in [0.15, 0.2) is 5.13 Å². The third-order valence-corrected chi connectivity index (χ3v) is 4.00. The molecule has 0 radical (unpaired) electrons. The molecule has 1 aromatic heterocycles. The Kier molecular flexibility index (Phi) is 3.27. The monoisotopic (exact) mass is 289 g/mol. The molecular weight excluding hydrogens is 278 g/mol. The number of nitrogens with zero attached hydrogens (tertiary/aromatic N) is 1. The van der Waals surface area contributed by atoms with E-state index in [1.165, 1.54) is 5.56 Å². The molecular formula is C14H12ClN3S. The maximum absolute atomic E-state index is 5.85. The van der Waals surface area contributed by atoms with Crippen molar-refractivity contribution in [3.05, 3.63) is 53.1 Å². The van der Waals surface area contributed by atoms with E-state index in [-0.39, 0.29) is 0 Å². The molecule has 19 heavy (non-hydrogen) atoms. The van der Waals surface area contributed by atoms with E-state index >= 15 is 0 Å². The topological polar surface area (TPSA) is 50.9 Å². The fourth-order valence-electron chi connectivity index (χ4n) is 1.80. The van der Waals surface area contributed by atoms with Crippen molar-refractivity contribution in [3.63, 3.8) is 0 Å². The van der Waals surface area contributed by atoms with Crippen molar-refractivity contribution in [3.8, 4) is 0 Å². The van der Waals surface area contributed by atoms with Crippen molar-refractivity contribution < 1.29 is 0 Å². The van der Waals surface area contributed by atoms with Crippen LogP contribution in [-0.2, 0) is 6.54 Å². The van der Waals surface area contributed by atoms with Gasteiger partial charge in [-0.2, -0.15) is 0 Å². The van der Waals surface area contributed by atoms with Crippen LogP contribution in [0.1, 0.15) is 5.56 Å². The van der Waals surface area contributed by atoms with Crippen molar-refractivity contribution in [2.24, 2.45) is 0 Å². The second-order valence-electron chi connectivity index (χ2n) is 4.23. The van der Waals surface area contributed by atoms with Crippen LogP contribution in [0.5, 0.6) is 0 Å². The summed E-state index contributed by atoms with van der Waals surface area (Å²) in [5.41, 5.74) is 8.66. The number of halogens is 1. The van der Waals surface area contributed by atoms with Crippen molar-refractivity contribution >= 4 is 44.0 Å². The predicted octanol–water partition coefficient (Wildman–Crippen LogP) is 4.14. The Balaban J connectivity index is 1.76. The highest BCUT2D eigenvalue weighted by atomic mass is 35.5. The van der Waals surface area contributed by atoms with Crippen LogP contribution < -0.4 is 11.1 Å². The summed E-state index contributed by atoms with van der Waals surface area (Å²) in [5, 5.41) is 4.96. The highest BCUT2D eigenvalue weighted by molar-refractivity contribution is 7.22. The van der Waals surface area contributed by atoms with Crippen LogP contribution >= 0.6 is 22.9 Å². The molecule has 0 bridgehead atoms. The molecule has 96 valence electrons. The molecule has 3 aromatic rings. The van der Waals surface area contributed by atoms with Gasteiger partial charge in [-0.05, 0) is 35.9 Å². The maximum atomic E-state index is 5.85. The Morgan fingerprint density at radius 2 is 1.95 bits per heavy atom. The number of anilines is 2. The average Bonchev–Trinajstić information content (AvgIpc) is 2.80. The van der Waals surface area contributed by atoms with Crippen LogP contribution in [0.25, 0.3) is 10.2 Å². The van der Waals surface area contributed by atoms with E-state index in [9.17, 15) is 0 Å². The number of thiazole rings is 1. The van der Waals surface area contributed by atoms with Crippen molar-refractivity contribution in [2.75, 3.05) is 11.1 Å². The summed E-state index contributed by atoms with van der Waals surface area (Å²) in [7, 11) is 0. The van der Waals surface area contributed by atoms with Crippen LogP contribution in [0.3, 0.4) is 0 Å². The van der Waals surface area contributed by atoms with Crippen LogP contribution in [0, 0.1) is 0 Å². The van der Waals surface area contributed by atoms with Gasteiger partial charge in [0.05, 0.1) is 10.2 Å². The molecule has 2 aromatic carbocycles. The Labute approximate surface area is 120 Å². The standard InChI is InChI=1S/C14H12ClN3S/c15-10-3-1-9(2-4-10)8-17-14-18-12-6-5-11(16)7-13(12)19-14/h1-7H,8,16H2,(H,17,18). The lowest BCUT2D eigenvalue weighted by atomic mass is 10.2. The second-order valence-corrected chi connectivity index (χ2v) is 5.69. The van der Waals surface area contributed by atoms with Gasteiger partial charge in [0, 0.05) is 17.3 Å². The van der Waals surface area contributed by atoms with Gasteiger partial charge in [-0.1, -0.05) is 35.1 Å². The molecule has 0 aliphatic heterocycles. The molecule has 0 aliphatic carbocycles. The van der Waals surface area contributed by atoms with Crippen LogP contribution in [0.4, 0.5) is 10.8 Å². The summed E-state index contributed by atoms with van der Waals surface area (Å²) in [6.07, 6.45) is 0. The number of rotatable bonds is 3. The summed E-state index contributed by atoms with van der Waals surface area (Å²) >= 11 is 7.46. The highest BCUT2D eigenvalue weighted by Gasteiger charge is 2.03. The molecule has 0 saturated heterocycles. The smallest absolute Gasteiger partial charge is 0.184 e. The van der Waals surface area contributed by atoms with E-state index in [1.54, 1.807) is 11.3 Å². The minimum atomic E-state index is 0.729. The van der Waals surface area contributed by atoms with E-state index in [4.69, 9.17) is 17.3 Å². The zero-order valence-corrected chi connectivity index (χ0v) is 11.6. The first-order valence-corrected chi connectivity index (χ1v) is 7.04. The van der Waals surface area contributed by atoms with Gasteiger partial charge in [-0.3, -0.25) is 0 Å². The molecule has 0 atom stereocenters. The van der Waals surface area contributed by atoms with E-state index in [1.807, 2.05) is 42.5 Å². The molecule has 5 heteroatoms. The largest absolute Gasteiger partial charge is 0.399 e. The van der Waals surface area contributed by atoms with Crippen molar-refractivity contribution in [2.45, 2.75) is 6.54 Å². The minimum absolute atomic E-state index is 0.729. The SMILES string of the molecule is Nc1ccc2nc(NCc3ccc(Cl)cc3)sc2c1. The number of fused-ring (bicyclic) bond motifs is 1. The molecule has 0 unspecified atom stereocenters. The molecule has 0 fully saturated rings. The first-order valence-electron chi connectivity index (χ1n) is 5.85. The molecule has 3 rings (SSSR count). The fourth-order valence-corrected chi connectivity index (χ4v) is 2.83. The lowest BCUT2D eigenvalue weighted by molar-refractivity contribution is 1.14. The number of nitrogens with one attached hydrogen (secondary N) is 1. The van der Waals surface area contributed by atoms with E-state index in [2.05, 4.69) is 10.3 Å². The third kappa shape index (κ3) is 2.80. The molecule has 0 spiro atoms. The Hall–Kier alpha value is -1.78. The quantitative estimate of drug-likeness (QED) is 0.712. The van der Waals surface area contributed by atoms with Crippen LogP contribution in [0.15, 0.2) is 42.5 Å². The summed E-state index contributed by atoms with van der Waals surface area (Å²) in [5.74, 6) is 0. The Morgan fingerprint density at radius 1 is 1.16 bits per heavy atom. The van der Waals surface area contributed by atoms with Gasteiger partial charge in [0.25, 0.3) is 0 Å². The number of nitrogens with two attached hydrogens (primary N) is 1. The number of hydrogen-bond donors (Lipinski definition) is 2. The number of aromatic nitrogens is 1. The van der Waals surface area contributed by atoms with Gasteiger partial charge >= 0.3 is 0 Å². The van der Waals surface area contributed by atoms with Gasteiger partial charge in [0.2, 0.25) is 0 Å². The number of benzene rings is 2. The van der Waals surface area contributed by atoms with E-state index in [0.717, 1.165) is 32.6 Å². The van der Waals surface area contributed by atoms with E-state index in [0.29, 0.717) is 0 Å². The summed E-state index contributed by atoms with van der Waals surface area (Å²) in [6.45, 7) is 0.729. The number of nitrogen functional groups attached to an aromatic ring is 1. The van der Waals surface area contributed by atoms with Gasteiger partial charge < -0.3 is 11.1 Å². The summed E-state index contributed by atoms with van der Waals surface area (Å²) < 4.78 is 1.10. The highest BCUT2D eigenvalue weighted by Crippen LogP contribution is 2.27. The Morgan fingerprint density at radius 3 is 2.74 bits per heavy atom. The Bertz CT molecular complexity index is 706. The zero-order valence-electron chi connectivity index (χ0n) is 10.1. The second kappa shape index (κ2) is 5.07. The molecule has 3 N–H and O–H groups in total. The van der Waals surface area contributed by atoms with Gasteiger partial charge in [0.1, 0.15) is 0 Å². The summed E-state index contributed by atoms with van der Waals surface area (Å²) in [6, 6.07) is 13.5. The van der Waals surface area contributed by atoms with Gasteiger partial charge in [-0.25, -0.2) is 4.98 Å². The normalized spacial score (nSPS) is 10.8.